The molecule has 78 valence electrons. The molecule has 2 atom stereocenters. The maximum Gasteiger partial charge on any atom is 0.0831 e. The second kappa shape index (κ2) is 4.60. The minimum atomic E-state index is -0.159. The highest BCUT2D eigenvalue weighted by Gasteiger charge is 2.31. The van der Waals surface area contributed by atoms with Gasteiger partial charge in [0.15, 0.2) is 0 Å². The lowest BCUT2D eigenvalue weighted by Crippen LogP contribution is -2.41. The molecule has 2 fully saturated rings. The molecule has 0 aromatic heterocycles. The number of hydrogen-bond acceptors (Lipinski definition) is 3. The van der Waals surface area contributed by atoms with Crippen LogP contribution in [0.5, 0.6) is 0 Å². The van der Waals surface area contributed by atoms with Crippen molar-refractivity contribution in [1.29, 1.82) is 0 Å². The molecule has 0 aromatic rings. The summed E-state index contributed by atoms with van der Waals surface area (Å²) < 4.78 is 0. The topological polar surface area (TPSA) is 35.5 Å². The van der Waals surface area contributed by atoms with Crippen LogP contribution in [-0.2, 0) is 0 Å². The number of nitrogens with one attached hydrogen (secondary N) is 1. The van der Waals surface area contributed by atoms with E-state index in [4.69, 9.17) is 0 Å². The molecular weight excluding hydrogens is 188 g/mol. The van der Waals surface area contributed by atoms with Crippen LogP contribution in [0.2, 0.25) is 0 Å². The number of likely N-dealkylation sites (N-methyl/N-ethyl adjacent to an activating group) is 1. The van der Waals surface area contributed by atoms with Crippen LogP contribution in [-0.4, -0.2) is 48.8 Å². The molecule has 1 aliphatic heterocycles. The predicted molar refractivity (Wildman–Crippen MR) is 55.3 cm³/mol. The summed E-state index contributed by atoms with van der Waals surface area (Å²) in [4.78, 5) is 2.31. The van der Waals surface area contributed by atoms with Crippen molar-refractivity contribution in [2.24, 2.45) is 5.92 Å². The van der Waals surface area contributed by atoms with Gasteiger partial charge in [-0.3, -0.25) is 4.90 Å². The first-order chi connectivity index (χ1) is 5.77. The van der Waals surface area contributed by atoms with Crippen molar-refractivity contribution in [3.05, 3.63) is 0 Å². The SMILES string of the molecule is CN(CC1CC1)[C@@H]1CNC[C@H]1O.Cl. The van der Waals surface area contributed by atoms with Gasteiger partial charge in [-0.1, -0.05) is 0 Å². The molecule has 2 N–H and O–H groups in total. The van der Waals surface area contributed by atoms with E-state index in [2.05, 4.69) is 17.3 Å². The Morgan fingerprint density at radius 1 is 1.38 bits per heavy atom. The number of aliphatic hydroxyl groups is 1. The van der Waals surface area contributed by atoms with Gasteiger partial charge >= 0.3 is 0 Å². The van der Waals surface area contributed by atoms with Crippen LogP contribution >= 0.6 is 12.4 Å². The van der Waals surface area contributed by atoms with Gasteiger partial charge in [0, 0.05) is 25.7 Å². The quantitative estimate of drug-likeness (QED) is 0.687. The molecular formula is C9H19ClN2O. The van der Waals surface area contributed by atoms with E-state index < -0.39 is 0 Å². The average molecular weight is 207 g/mol. The highest BCUT2D eigenvalue weighted by Crippen LogP contribution is 2.30. The first-order valence-corrected chi connectivity index (χ1v) is 4.86. The lowest BCUT2D eigenvalue weighted by Gasteiger charge is -2.25. The van der Waals surface area contributed by atoms with E-state index in [-0.39, 0.29) is 18.5 Å². The van der Waals surface area contributed by atoms with Crippen molar-refractivity contribution in [2.75, 3.05) is 26.7 Å². The van der Waals surface area contributed by atoms with Crippen molar-refractivity contribution >= 4 is 12.4 Å². The normalized spacial score (nSPS) is 33.5. The van der Waals surface area contributed by atoms with E-state index in [1.807, 2.05) is 0 Å². The third-order valence-electron chi connectivity index (χ3n) is 2.96. The Morgan fingerprint density at radius 2 is 2.08 bits per heavy atom. The smallest absolute Gasteiger partial charge is 0.0831 e. The molecule has 3 nitrogen and oxygen atoms in total. The van der Waals surface area contributed by atoms with Crippen LogP contribution in [0.1, 0.15) is 12.8 Å². The predicted octanol–water partition coefficient (Wildman–Crippen LogP) is 0.0827. The highest BCUT2D eigenvalue weighted by atomic mass is 35.5. The largest absolute Gasteiger partial charge is 0.390 e. The van der Waals surface area contributed by atoms with Crippen LogP contribution in [0.25, 0.3) is 0 Å². The van der Waals surface area contributed by atoms with Crippen molar-refractivity contribution in [3.8, 4) is 0 Å². The number of hydrogen-bond donors (Lipinski definition) is 2. The molecule has 0 spiro atoms. The molecule has 0 bridgehead atoms. The third-order valence-corrected chi connectivity index (χ3v) is 2.96. The maximum absolute atomic E-state index is 9.59. The van der Waals surface area contributed by atoms with Crippen molar-refractivity contribution in [1.82, 2.24) is 10.2 Å². The van der Waals surface area contributed by atoms with Gasteiger partial charge in [-0.15, -0.1) is 12.4 Å². The molecule has 1 heterocycles. The molecule has 0 aromatic carbocycles. The van der Waals surface area contributed by atoms with Crippen LogP contribution in [0, 0.1) is 5.92 Å². The molecule has 1 aliphatic carbocycles. The summed E-state index contributed by atoms with van der Waals surface area (Å²) in [7, 11) is 2.12. The minimum absolute atomic E-state index is 0. The van der Waals surface area contributed by atoms with E-state index in [9.17, 15) is 5.11 Å². The zero-order chi connectivity index (χ0) is 8.55. The molecule has 13 heavy (non-hydrogen) atoms. The van der Waals surface area contributed by atoms with E-state index in [0.29, 0.717) is 6.04 Å². The Balaban J connectivity index is 0.000000845. The first kappa shape index (κ1) is 11.2. The second-order valence-electron chi connectivity index (χ2n) is 4.18. The highest BCUT2D eigenvalue weighted by molar-refractivity contribution is 5.85. The molecule has 4 heteroatoms. The molecule has 1 saturated heterocycles. The van der Waals surface area contributed by atoms with E-state index in [1.165, 1.54) is 19.4 Å². The van der Waals surface area contributed by atoms with E-state index in [1.54, 1.807) is 0 Å². The number of halogens is 1. The Bertz CT molecular complexity index is 164. The van der Waals surface area contributed by atoms with E-state index >= 15 is 0 Å². The summed E-state index contributed by atoms with van der Waals surface area (Å²) in [5.74, 6) is 0.919. The minimum Gasteiger partial charge on any atom is -0.390 e. The van der Waals surface area contributed by atoms with Crippen LogP contribution < -0.4 is 5.32 Å². The third kappa shape index (κ3) is 2.81. The van der Waals surface area contributed by atoms with Gasteiger partial charge < -0.3 is 10.4 Å². The molecule has 0 unspecified atom stereocenters. The van der Waals surface area contributed by atoms with Crippen molar-refractivity contribution < 1.29 is 5.11 Å². The zero-order valence-corrected chi connectivity index (χ0v) is 8.89. The fraction of sp³-hybridized carbons (Fsp3) is 1.00. The molecule has 2 aliphatic rings. The van der Waals surface area contributed by atoms with Crippen LogP contribution in [0.15, 0.2) is 0 Å². The molecule has 1 saturated carbocycles. The summed E-state index contributed by atoms with van der Waals surface area (Å²) in [6.45, 7) is 2.88. The summed E-state index contributed by atoms with van der Waals surface area (Å²) in [6.07, 6.45) is 2.62. The summed E-state index contributed by atoms with van der Waals surface area (Å²) in [5.41, 5.74) is 0. The number of aliphatic hydroxyl groups excluding tert-OH is 1. The van der Waals surface area contributed by atoms with Gasteiger partial charge in [0.25, 0.3) is 0 Å². The first-order valence-electron chi connectivity index (χ1n) is 4.86. The van der Waals surface area contributed by atoms with Crippen LogP contribution in [0.4, 0.5) is 0 Å². The molecule has 2 rings (SSSR count). The fourth-order valence-electron chi connectivity index (χ4n) is 1.94. The fourth-order valence-corrected chi connectivity index (χ4v) is 1.94. The summed E-state index contributed by atoms with van der Waals surface area (Å²) in [6, 6.07) is 0.352. The number of nitrogens with zero attached hydrogens (tertiary/aromatic N) is 1. The van der Waals surface area contributed by atoms with Gasteiger partial charge in [0.05, 0.1) is 6.10 Å². The maximum atomic E-state index is 9.59. The standard InChI is InChI=1S/C9H18N2O.ClH/c1-11(6-7-2-3-7)8-4-10-5-9(8)12;/h7-10,12H,2-6H2,1H3;1H/t8-,9-;/m1./s1. The second-order valence-corrected chi connectivity index (χ2v) is 4.18. The van der Waals surface area contributed by atoms with Gasteiger partial charge in [0.2, 0.25) is 0 Å². The lowest BCUT2D eigenvalue weighted by atomic mass is 10.2. The zero-order valence-electron chi connectivity index (χ0n) is 8.07. The molecule has 0 radical (unpaired) electrons. The Labute approximate surface area is 85.9 Å². The van der Waals surface area contributed by atoms with Gasteiger partial charge in [-0.25, -0.2) is 0 Å². The Kier molecular flexibility index (Phi) is 3.98. The van der Waals surface area contributed by atoms with Gasteiger partial charge in [-0.05, 0) is 25.8 Å². The lowest BCUT2D eigenvalue weighted by molar-refractivity contribution is 0.0968. The summed E-state index contributed by atoms with van der Waals surface area (Å²) in [5, 5.41) is 12.8. The van der Waals surface area contributed by atoms with Crippen molar-refractivity contribution in [3.63, 3.8) is 0 Å². The summed E-state index contributed by atoms with van der Waals surface area (Å²) >= 11 is 0. The van der Waals surface area contributed by atoms with Gasteiger partial charge in [-0.2, -0.15) is 0 Å². The number of rotatable bonds is 3. The average Bonchev–Trinajstić information content (AvgIpc) is 2.72. The van der Waals surface area contributed by atoms with Crippen LogP contribution in [0.3, 0.4) is 0 Å². The van der Waals surface area contributed by atoms with Gasteiger partial charge in [0.1, 0.15) is 0 Å². The molecule has 0 amide bonds. The van der Waals surface area contributed by atoms with Crippen molar-refractivity contribution in [2.45, 2.75) is 25.0 Å². The number of β-amino-alcohol motifs (C(OH)–C–C–N with tert-alkyl or cyclic N) is 1. The van der Waals surface area contributed by atoms with E-state index in [0.717, 1.165) is 19.0 Å². The Morgan fingerprint density at radius 3 is 2.54 bits per heavy atom. The monoisotopic (exact) mass is 206 g/mol. The Hall–Kier alpha value is 0.170.